The lowest BCUT2D eigenvalue weighted by atomic mass is 9.84. The number of carboxylic acid groups (broad SMARTS) is 1. The Morgan fingerprint density at radius 3 is 2.22 bits per heavy atom. The fourth-order valence-corrected chi connectivity index (χ4v) is 4.54. The average Bonchev–Trinajstić information content (AvgIpc) is 3.15. The van der Waals surface area contributed by atoms with Crippen LogP contribution in [-0.2, 0) is 14.4 Å². The van der Waals surface area contributed by atoms with Crippen LogP contribution in [0.25, 0.3) is 0 Å². The molecule has 0 radical (unpaired) electrons. The van der Waals surface area contributed by atoms with Gasteiger partial charge in [-0.25, -0.2) is 0 Å². The van der Waals surface area contributed by atoms with Gasteiger partial charge in [0.25, 0.3) is 0 Å². The smallest absolute Gasteiger partial charge is 0.303 e. The van der Waals surface area contributed by atoms with E-state index in [9.17, 15) is 14.4 Å². The monoisotopic (exact) mass is 380 g/mol. The zero-order valence-electron chi connectivity index (χ0n) is 16.7. The van der Waals surface area contributed by atoms with E-state index in [1.165, 1.54) is 32.1 Å². The molecule has 0 spiro atoms. The van der Waals surface area contributed by atoms with Gasteiger partial charge in [-0.05, 0) is 38.5 Å². The van der Waals surface area contributed by atoms with Gasteiger partial charge in [0.1, 0.15) is 0 Å². The fraction of sp³-hybridized carbons (Fsp3) is 0.857. The van der Waals surface area contributed by atoms with Crippen LogP contribution in [0, 0.1) is 11.8 Å². The summed E-state index contributed by atoms with van der Waals surface area (Å²) < 4.78 is 0. The summed E-state index contributed by atoms with van der Waals surface area (Å²) in [4.78, 5) is 35.6. The molecule has 2 rings (SSSR count). The Hall–Kier alpha value is -1.59. The van der Waals surface area contributed by atoms with Crippen LogP contribution in [0.3, 0.4) is 0 Å². The highest BCUT2D eigenvalue weighted by atomic mass is 16.4. The molecule has 2 amide bonds. The van der Waals surface area contributed by atoms with Crippen molar-refractivity contribution in [3.63, 3.8) is 0 Å². The van der Waals surface area contributed by atoms with Gasteiger partial charge in [-0.1, -0.05) is 44.9 Å². The standard InChI is InChI=1S/C21H36N2O4/c1-15(22-21(27)17-9-5-6-10-17)13-19(24)23-18(11-12-20(25)26)14-16-7-3-2-4-8-16/h15-18H,2-14H2,1H3,(H,22,27)(H,23,24)(H,25,26). The lowest BCUT2D eigenvalue weighted by molar-refractivity contribution is -0.137. The predicted molar refractivity (Wildman–Crippen MR) is 104 cm³/mol. The summed E-state index contributed by atoms with van der Waals surface area (Å²) >= 11 is 0. The minimum atomic E-state index is -0.824. The Balaban J connectivity index is 1.77. The lowest BCUT2D eigenvalue weighted by Crippen LogP contribution is -2.42. The van der Waals surface area contributed by atoms with E-state index in [1.807, 2.05) is 6.92 Å². The molecule has 3 N–H and O–H groups in total. The first-order valence-electron chi connectivity index (χ1n) is 10.8. The summed E-state index contributed by atoms with van der Waals surface area (Å²) in [5, 5.41) is 15.0. The molecule has 0 aromatic rings. The van der Waals surface area contributed by atoms with Crippen molar-refractivity contribution in [3.8, 4) is 0 Å². The molecular weight excluding hydrogens is 344 g/mol. The molecule has 6 heteroatoms. The molecule has 154 valence electrons. The van der Waals surface area contributed by atoms with Gasteiger partial charge in [0.05, 0.1) is 0 Å². The van der Waals surface area contributed by atoms with E-state index < -0.39 is 5.97 Å². The maximum absolute atomic E-state index is 12.4. The third kappa shape index (κ3) is 8.31. The normalized spacial score (nSPS) is 20.8. The Morgan fingerprint density at radius 1 is 0.963 bits per heavy atom. The number of aliphatic carboxylic acids is 1. The molecule has 2 unspecified atom stereocenters. The van der Waals surface area contributed by atoms with E-state index >= 15 is 0 Å². The zero-order valence-corrected chi connectivity index (χ0v) is 16.7. The van der Waals surface area contributed by atoms with Crippen molar-refractivity contribution in [2.24, 2.45) is 11.8 Å². The molecule has 6 nitrogen and oxygen atoms in total. The molecule has 0 heterocycles. The summed E-state index contributed by atoms with van der Waals surface area (Å²) in [7, 11) is 0. The SMILES string of the molecule is CC(CC(=O)NC(CCC(=O)O)CC1CCCCC1)NC(=O)C1CCCC1. The van der Waals surface area contributed by atoms with Crippen LogP contribution in [0.2, 0.25) is 0 Å². The fourth-order valence-electron chi connectivity index (χ4n) is 4.54. The molecule has 2 fully saturated rings. The number of amides is 2. The number of carbonyl (C=O) groups is 3. The van der Waals surface area contributed by atoms with Gasteiger partial charge in [0.2, 0.25) is 11.8 Å². The topological polar surface area (TPSA) is 95.5 Å². The van der Waals surface area contributed by atoms with Crippen molar-refractivity contribution in [2.45, 2.75) is 102 Å². The second-order valence-electron chi connectivity index (χ2n) is 8.53. The van der Waals surface area contributed by atoms with Gasteiger partial charge in [-0.15, -0.1) is 0 Å². The lowest BCUT2D eigenvalue weighted by Gasteiger charge is -2.27. The van der Waals surface area contributed by atoms with Crippen molar-refractivity contribution < 1.29 is 19.5 Å². The molecule has 0 aromatic carbocycles. The molecule has 27 heavy (non-hydrogen) atoms. The second kappa shape index (κ2) is 11.3. The summed E-state index contributed by atoms with van der Waals surface area (Å²) in [6.07, 6.45) is 11.9. The third-order valence-electron chi connectivity index (χ3n) is 6.02. The van der Waals surface area contributed by atoms with Gasteiger partial charge < -0.3 is 15.7 Å². The highest BCUT2D eigenvalue weighted by Gasteiger charge is 2.25. The largest absolute Gasteiger partial charge is 0.481 e. The van der Waals surface area contributed by atoms with Gasteiger partial charge in [-0.2, -0.15) is 0 Å². The quantitative estimate of drug-likeness (QED) is 0.541. The molecule has 0 aromatic heterocycles. The van der Waals surface area contributed by atoms with Crippen molar-refractivity contribution in [1.29, 1.82) is 0 Å². The Kier molecular flexibility index (Phi) is 9.08. The van der Waals surface area contributed by atoms with Crippen LogP contribution in [0.4, 0.5) is 0 Å². The highest BCUT2D eigenvalue weighted by molar-refractivity contribution is 5.81. The van der Waals surface area contributed by atoms with Crippen LogP contribution in [0.1, 0.15) is 90.4 Å². The average molecular weight is 381 g/mol. The van der Waals surface area contributed by atoms with Crippen LogP contribution < -0.4 is 10.6 Å². The first-order chi connectivity index (χ1) is 12.9. The zero-order chi connectivity index (χ0) is 19.6. The second-order valence-corrected chi connectivity index (χ2v) is 8.53. The van der Waals surface area contributed by atoms with Crippen molar-refractivity contribution >= 4 is 17.8 Å². The van der Waals surface area contributed by atoms with E-state index in [-0.39, 0.29) is 42.7 Å². The van der Waals surface area contributed by atoms with Crippen molar-refractivity contribution in [1.82, 2.24) is 10.6 Å². The molecule has 0 saturated heterocycles. The summed E-state index contributed by atoms with van der Waals surface area (Å²) in [5.74, 6) is -0.171. The van der Waals surface area contributed by atoms with Crippen LogP contribution >= 0.6 is 0 Å². The Labute approximate surface area is 162 Å². The molecule has 0 aliphatic heterocycles. The Bertz CT molecular complexity index is 496. The van der Waals surface area contributed by atoms with Gasteiger partial charge >= 0.3 is 5.97 Å². The molecule has 0 bridgehead atoms. The highest BCUT2D eigenvalue weighted by Crippen LogP contribution is 2.28. The van der Waals surface area contributed by atoms with Crippen LogP contribution in [0.5, 0.6) is 0 Å². The molecule has 2 aliphatic rings. The number of carboxylic acids is 1. The molecule has 2 saturated carbocycles. The van der Waals surface area contributed by atoms with E-state index in [0.29, 0.717) is 12.3 Å². The summed E-state index contributed by atoms with van der Waals surface area (Å²) in [6.45, 7) is 1.86. The van der Waals surface area contributed by atoms with Crippen molar-refractivity contribution in [2.75, 3.05) is 0 Å². The van der Waals surface area contributed by atoms with Gasteiger partial charge in [-0.3, -0.25) is 14.4 Å². The first kappa shape index (κ1) is 21.7. The summed E-state index contributed by atoms with van der Waals surface area (Å²) in [6, 6.07) is -0.290. The minimum Gasteiger partial charge on any atom is -0.481 e. The molecular formula is C21H36N2O4. The maximum Gasteiger partial charge on any atom is 0.303 e. The van der Waals surface area contributed by atoms with Crippen LogP contribution in [-0.4, -0.2) is 35.0 Å². The Morgan fingerprint density at radius 2 is 1.59 bits per heavy atom. The number of nitrogens with one attached hydrogen (secondary N) is 2. The summed E-state index contributed by atoms with van der Waals surface area (Å²) in [5.41, 5.74) is 0. The molecule has 2 atom stereocenters. The van der Waals surface area contributed by atoms with E-state index in [1.54, 1.807) is 0 Å². The molecule has 2 aliphatic carbocycles. The number of carbonyl (C=O) groups excluding carboxylic acids is 2. The number of hydrogen-bond donors (Lipinski definition) is 3. The van der Waals surface area contributed by atoms with Crippen molar-refractivity contribution in [3.05, 3.63) is 0 Å². The third-order valence-corrected chi connectivity index (χ3v) is 6.02. The first-order valence-corrected chi connectivity index (χ1v) is 10.8. The number of hydrogen-bond acceptors (Lipinski definition) is 3. The van der Waals surface area contributed by atoms with E-state index in [0.717, 1.165) is 32.1 Å². The maximum atomic E-state index is 12.4. The van der Waals surface area contributed by atoms with Gasteiger partial charge in [0, 0.05) is 30.8 Å². The van der Waals surface area contributed by atoms with E-state index in [4.69, 9.17) is 5.11 Å². The minimum absolute atomic E-state index is 0.0671. The van der Waals surface area contributed by atoms with Gasteiger partial charge in [0.15, 0.2) is 0 Å². The van der Waals surface area contributed by atoms with E-state index in [2.05, 4.69) is 10.6 Å². The van der Waals surface area contributed by atoms with Crippen LogP contribution in [0.15, 0.2) is 0 Å². The predicted octanol–water partition coefficient (Wildman–Crippen LogP) is 3.39. The number of rotatable bonds is 10.